The SMILES string of the molecule is c1cc(CCNc2nc3ccccc3s2)cc(/N=C2/SC[C@@H]3CCCN23)c1. The predicted octanol–water partition coefficient (Wildman–Crippen LogP) is 5.15. The molecule has 0 aliphatic carbocycles. The molecule has 2 aliphatic heterocycles. The molecule has 1 atom stereocenters. The summed E-state index contributed by atoms with van der Waals surface area (Å²) in [5.41, 5.74) is 3.45. The average molecular weight is 395 g/mol. The Morgan fingerprint density at radius 2 is 2.15 bits per heavy atom. The number of hydrogen-bond acceptors (Lipinski definition) is 5. The van der Waals surface area contributed by atoms with Gasteiger partial charge in [0.15, 0.2) is 10.3 Å². The molecule has 0 bridgehead atoms. The summed E-state index contributed by atoms with van der Waals surface area (Å²) in [5, 5.41) is 5.67. The molecule has 4 nitrogen and oxygen atoms in total. The molecule has 0 amide bonds. The fourth-order valence-corrected chi connectivity index (χ4v) is 5.92. The number of nitrogens with zero attached hydrogens (tertiary/aromatic N) is 3. The van der Waals surface area contributed by atoms with Crippen molar-refractivity contribution in [1.29, 1.82) is 0 Å². The topological polar surface area (TPSA) is 40.5 Å². The first-order chi connectivity index (χ1) is 13.3. The van der Waals surface area contributed by atoms with Crippen molar-refractivity contribution in [2.24, 2.45) is 4.99 Å². The quantitative estimate of drug-likeness (QED) is 0.650. The maximum Gasteiger partial charge on any atom is 0.183 e. The van der Waals surface area contributed by atoms with Crippen molar-refractivity contribution in [1.82, 2.24) is 9.88 Å². The number of benzene rings is 2. The number of thioether (sulfide) groups is 1. The minimum Gasteiger partial charge on any atom is -0.361 e. The summed E-state index contributed by atoms with van der Waals surface area (Å²) in [6.07, 6.45) is 3.60. The van der Waals surface area contributed by atoms with Crippen LogP contribution in [0, 0.1) is 0 Å². The number of fused-ring (bicyclic) bond motifs is 2. The molecule has 3 aromatic rings. The fourth-order valence-electron chi connectivity index (χ4n) is 3.76. The summed E-state index contributed by atoms with van der Waals surface area (Å²) >= 11 is 3.62. The van der Waals surface area contributed by atoms with Gasteiger partial charge in [-0.05, 0) is 49.1 Å². The Kier molecular flexibility index (Phi) is 4.76. The molecule has 1 N–H and O–H groups in total. The molecule has 6 heteroatoms. The Bertz CT molecular complexity index is 948. The molecule has 1 aromatic heterocycles. The van der Waals surface area contributed by atoms with Crippen LogP contribution in [0.5, 0.6) is 0 Å². The zero-order chi connectivity index (χ0) is 18.1. The van der Waals surface area contributed by atoms with E-state index in [9.17, 15) is 0 Å². The van der Waals surface area contributed by atoms with Crippen LogP contribution in [-0.4, -0.2) is 39.9 Å². The van der Waals surface area contributed by atoms with Gasteiger partial charge in [-0.3, -0.25) is 0 Å². The number of aromatic nitrogens is 1. The van der Waals surface area contributed by atoms with Crippen LogP contribution in [-0.2, 0) is 6.42 Å². The molecule has 2 saturated heterocycles. The first kappa shape index (κ1) is 17.1. The summed E-state index contributed by atoms with van der Waals surface area (Å²) in [4.78, 5) is 12.1. The van der Waals surface area contributed by atoms with Crippen LogP contribution in [0.4, 0.5) is 10.8 Å². The van der Waals surface area contributed by atoms with Crippen LogP contribution in [0.1, 0.15) is 18.4 Å². The summed E-state index contributed by atoms with van der Waals surface area (Å²) in [5.74, 6) is 1.20. The molecule has 27 heavy (non-hydrogen) atoms. The molecule has 0 spiro atoms. The minimum atomic E-state index is 0.718. The smallest absolute Gasteiger partial charge is 0.183 e. The lowest BCUT2D eigenvalue weighted by molar-refractivity contribution is 0.440. The van der Waals surface area contributed by atoms with Crippen LogP contribution in [0.2, 0.25) is 0 Å². The van der Waals surface area contributed by atoms with Crippen molar-refractivity contribution in [2.75, 3.05) is 24.2 Å². The second-order valence-corrected chi connectivity index (χ2v) is 9.05. The van der Waals surface area contributed by atoms with Gasteiger partial charge in [0.2, 0.25) is 0 Å². The highest BCUT2D eigenvalue weighted by molar-refractivity contribution is 8.14. The van der Waals surface area contributed by atoms with Crippen LogP contribution in [0.15, 0.2) is 53.5 Å². The number of hydrogen-bond donors (Lipinski definition) is 1. The van der Waals surface area contributed by atoms with Crippen LogP contribution in [0.25, 0.3) is 10.2 Å². The van der Waals surface area contributed by atoms with E-state index in [1.807, 2.05) is 17.8 Å². The van der Waals surface area contributed by atoms with Gasteiger partial charge in [-0.2, -0.15) is 0 Å². The van der Waals surface area contributed by atoms with Gasteiger partial charge in [-0.1, -0.05) is 47.4 Å². The number of anilines is 1. The van der Waals surface area contributed by atoms with Gasteiger partial charge < -0.3 is 10.2 Å². The van der Waals surface area contributed by atoms with Crippen LogP contribution < -0.4 is 5.32 Å². The Balaban J connectivity index is 1.23. The Morgan fingerprint density at radius 3 is 3.11 bits per heavy atom. The standard InChI is InChI=1S/C21H22N4S2/c1-2-9-19-18(8-1)24-20(27-19)22-11-10-15-5-3-6-16(13-15)23-21-25-12-4-7-17(25)14-26-21/h1-3,5-6,8-9,13,17H,4,7,10-12,14H2,(H,22,24)/b23-21+/t17-/m0/s1. The molecular weight excluding hydrogens is 372 g/mol. The first-order valence-electron chi connectivity index (χ1n) is 9.52. The molecule has 2 aromatic carbocycles. The highest BCUT2D eigenvalue weighted by Gasteiger charge is 2.33. The zero-order valence-corrected chi connectivity index (χ0v) is 16.7. The monoisotopic (exact) mass is 394 g/mol. The summed E-state index contributed by atoms with van der Waals surface area (Å²) in [6, 6.07) is 17.6. The Hall–Kier alpha value is -2.05. The van der Waals surface area contributed by atoms with Gasteiger partial charge in [0.1, 0.15) is 0 Å². The summed E-state index contributed by atoms with van der Waals surface area (Å²) in [6.45, 7) is 2.05. The average Bonchev–Trinajstić information content (AvgIpc) is 3.39. The van der Waals surface area contributed by atoms with Gasteiger partial charge in [-0.15, -0.1) is 0 Å². The number of para-hydroxylation sites is 1. The molecule has 2 fully saturated rings. The van der Waals surface area contributed by atoms with Crippen molar-refractivity contribution in [3.63, 3.8) is 0 Å². The lowest BCUT2D eigenvalue weighted by atomic mass is 10.1. The van der Waals surface area contributed by atoms with Crippen molar-refractivity contribution in [3.05, 3.63) is 54.1 Å². The van der Waals surface area contributed by atoms with E-state index in [2.05, 4.69) is 57.7 Å². The second-order valence-electron chi connectivity index (χ2n) is 7.03. The fraction of sp³-hybridized carbons (Fsp3) is 0.333. The van der Waals surface area contributed by atoms with Gasteiger partial charge in [0.25, 0.3) is 0 Å². The van der Waals surface area contributed by atoms with E-state index in [0.29, 0.717) is 0 Å². The van der Waals surface area contributed by atoms with Crippen molar-refractivity contribution in [3.8, 4) is 0 Å². The van der Waals surface area contributed by atoms with E-state index in [1.54, 1.807) is 11.3 Å². The van der Waals surface area contributed by atoms with Crippen molar-refractivity contribution < 1.29 is 0 Å². The van der Waals surface area contributed by atoms with E-state index in [1.165, 1.54) is 40.6 Å². The molecule has 0 saturated carbocycles. The maximum absolute atomic E-state index is 4.93. The number of nitrogens with one attached hydrogen (secondary N) is 1. The highest BCUT2D eigenvalue weighted by Crippen LogP contribution is 2.33. The number of thiazole rings is 1. The van der Waals surface area contributed by atoms with Gasteiger partial charge >= 0.3 is 0 Å². The molecule has 3 heterocycles. The molecule has 2 aliphatic rings. The number of rotatable bonds is 5. The third kappa shape index (κ3) is 3.69. The Labute approximate surface area is 167 Å². The zero-order valence-electron chi connectivity index (χ0n) is 15.1. The normalized spacial score (nSPS) is 20.5. The molecule has 138 valence electrons. The van der Waals surface area contributed by atoms with Gasteiger partial charge in [0, 0.05) is 24.9 Å². The van der Waals surface area contributed by atoms with E-state index in [0.717, 1.165) is 35.3 Å². The van der Waals surface area contributed by atoms with E-state index >= 15 is 0 Å². The third-order valence-corrected chi connectivity index (χ3v) is 7.28. The largest absolute Gasteiger partial charge is 0.361 e. The van der Waals surface area contributed by atoms with Gasteiger partial charge in [-0.25, -0.2) is 9.98 Å². The van der Waals surface area contributed by atoms with E-state index in [4.69, 9.17) is 4.99 Å². The Morgan fingerprint density at radius 1 is 1.19 bits per heavy atom. The molecule has 5 rings (SSSR count). The van der Waals surface area contributed by atoms with E-state index in [-0.39, 0.29) is 0 Å². The summed E-state index contributed by atoms with van der Waals surface area (Å²) in [7, 11) is 0. The van der Waals surface area contributed by atoms with Crippen molar-refractivity contribution in [2.45, 2.75) is 25.3 Å². The molecule has 0 unspecified atom stereocenters. The van der Waals surface area contributed by atoms with Crippen LogP contribution in [0.3, 0.4) is 0 Å². The van der Waals surface area contributed by atoms with Crippen LogP contribution >= 0.6 is 23.1 Å². The third-order valence-electron chi connectivity index (χ3n) is 5.15. The number of amidine groups is 1. The van der Waals surface area contributed by atoms with Crippen molar-refractivity contribution >= 4 is 49.3 Å². The predicted molar refractivity (Wildman–Crippen MR) is 118 cm³/mol. The molecule has 0 radical (unpaired) electrons. The first-order valence-corrected chi connectivity index (χ1v) is 11.3. The van der Waals surface area contributed by atoms with Gasteiger partial charge in [0.05, 0.1) is 15.9 Å². The lowest BCUT2D eigenvalue weighted by Gasteiger charge is -2.16. The number of aliphatic imine (C=N–C) groups is 1. The highest BCUT2D eigenvalue weighted by atomic mass is 32.2. The minimum absolute atomic E-state index is 0.718. The maximum atomic E-state index is 4.93. The lowest BCUT2D eigenvalue weighted by Crippen LogP contribution is -2.27. The van der Waals surface area contributed by atoms with E-state index < -0.39 is 0 Å². The summed E-state index contributed by atoms with van der Waals surface area (Å²) < 4.78 is 1.23. The molecular formula is C21H22N4S2. The second kappa shape index (κ2) is 7.52.